The third kappa shape index (κ3) is 2.42. The third-order valence-electron chi connectivity index (χ3n) is 4.24. The molecule has 6 heteroatoms. The zero-order valence-electron chi connectivity index (χ0n) is 13.3. The van der Waals surface area contributed by atoms with E-state index in [-0.39, 0.29) is 12.3 Å². The smallest absolute Gasteiger partial charge is 0.352 e. The second kappa shape index (κ2) is 5.66. The van der Waals surface area contributed by atoms with Crippen molar-refractivity contribution < 1.29 is 23.8 Å². The lowest BCUT2D eigenvalue weighted by Crippen LogP contribution is -2.05. The zero-order chi connectivity index (χ0) is 17.6. The van der Waals surface area contributed by atoms with Crippen LogP contribution in [-0.4, -0.2) is 23.2 Å². The molecule has 25 heavy (non-hydrogen) atoms. The molecule has 2 aromatic carbocycles. The third-order valence-corrected chi connectivity index (χ3v) is 4.24. The second-order valence-electron chi connectivity index (χ2n) is 5.70. The molecule has 2 heterocycles. The number of carboxylic acids is 1. The fourth-order valence-corrected chi connectivity index (χ4v) is 3.17. The summed E-state index contributed by atoms with van der Waals surface area (Å²) < 4.78 is 24.8. The van der Waals surface area contributed by atoms with Crippen molar-refractivity contribution in [2.24, 2.45) is 0 Å². The van der Waals surface area contributed by atoms with Gasteiger partial charge in [0.1, 0.15) is 29.6 Å². The lowest BCUT2D eigenvalue weighted by Gasteiger charge is -2.18. The van der Waals surface area contributed by atoms with Gasteiger partial charge in [-0.05, 0) is 29.8 Å². The number of carboxylic acid groups (broad SMARTS) is 1. The van der Waals surface area contributed by atoms with E-state index in [0.717, 1.165) is 5.56 Å². The number of aromatic carboxylic acids is 1. The van der Waals surface area contributed by atoms with Crippen LogP contribution in [0, 0.1) is 5.82 Å². The quantitative estimate of drug-likeness (QED) is 0.754. The number of para-hydroxylation sites is 1. The summed E-state index contributed by atoms with van der Waals surface area (Å²) in [6.45, 7) is 0.199. The fraction of sp³-hybridized carbons (Fsp3) is 0.105. The Kier molecular flexibility index (Phi) is 3.46. The Labute approximate surface area is 142 Å². The number of carbonyl (C=O) groups is 1. The second-order valence-corrected chi connectivity index (χ2v) is 5.70. The number of aromatic amines is 1. The van der Waals surface area contributed by atoms with Crippen molar-refractivity contribution in [1.82, 2.24) is 4.98 Å². The average Bonchev–Trinajstić information content (AvgIpc) is 3.01. The molecule has 2 N–H and O–H groups in total. The maximum Gasteiger partial charge on any atom is 0.352 e. The van der Waals surface area contributed by atoms with Gasteiger partial charge in [-0.3, -0.25) is 0 Å². The summed E-state index contributed by atoms with van der Waals surface area (Å²) in [5.74, 6) is -0.627. The predicted octanol–water partition coefficient (Wildman–Crippen LogP) is 4.09. The number of methoxy groups -OCH3 is 1. The summed E-state index contributed by atoms with van der Waals surface area (Å²) in [5.41, 5.74) is 2.98. The molecule has 126 valence electrons. The van der Waals surface area contributed by atoms with Crippen LogP contribution in [0.25, 0.3) is 22.4 Å². The van der Waals surface area contributed by atoms with E-state index in [1.54, 1.807) is 6.07 Å². The molecule has 1 aliphatic rings. The van der Waals surface area contributed by atoms with Gasteiger partial charge in [0.25, 0.3) is 0 Å². The number of fused-ring (bicyclic) bond motifs is 3. The van der Waals surface area contributed by atoms with Crippen molar-refractivity contribution in [1.29, 1.82) is 0 Å². The van der Waals surface area contributed by atoms with Gasteiger partial charge in [-0.2, -0.15) is 0 Å². The average molecular weight is 339 g/mol. The molecule has 0 saturated carbocycles. The molecule has 0 saturated heterocycles. The highest BCUT2D eigenvalue weighted by Gasteiger charge is 2.28. The summed E-state index contributed by atoms with van der Waals surface area (Å²) in [5, 5.41) is 9.62. The van der Waals surface area contributed by atoms with Gasteiger partial charge in [0.05, 0.1) is 12.8 Å². The zero-order valence-corrected chi connectivity index (χ0v) is 13.3. The van der Waals surface area contributed by atoms with E-state index < -0.39 is 11.8 Å². The molecule has 0 amide bonds. The molecule has 0 spiro atoms. The van der Waals surface area contributed by atoms with E-state index in [1.165, 1.54) is 19.2 Å². The highest BCUT2D eigenvalue weighted by atomic mass is 19.1. The van der Waals surface area contributed by atoms with Crippen LogP contribution < -0.4 is 9.47 Å². The fourth-order valence-electron chi connectivity index (χ4n) is 3.17. The molecule has 1 aromatic heterocycles. The minimum atomic E-state index is -1.12. The van der Waals surface area contributed by atoms with E-state index in [4.69, 9.17) is 9.47 Å². The summed E-state index contributed by atoms with van der Waals surface area (Å²) in [6.07, 6.45) is 0. The Morgan fingerprint density at radius 1 is 1.28 bits per heavy atom. The highest BCUT2D eigenvalue weighted by molar-refractivity contribution is 5.99. The van der Waals surface area contributed by atoms with Gasteiger partial charge in [-0.25, -0.2) is 9.18 Å². The predicted molar refractivity (Wildman–Crippen MR) is 89.5 cm³/mol. The largest absolute Gasteiger partial charge is 0.497 e. The Morgan fingerprint density at radius 2 is 2.08 bits per heavy atom. The first-order valence-electron chi connectivity index (χ1n) is 7.63. The van der Waals surface area contributed by atoms with Gasteiger partial charge in [-0.15, -0.1) is 0 Å². The molecular weight excluding hydrogens is 325 g/mol. The van der Waals surface area contributed by atoms with E-state index in [9.17, 15) is 14.3 Å². The molecule has 1 aliphatic heterocycles. The Balaban J connectivity index is 2.00. The van der Waals surface area contributed by atoms with Crippen LogP contribution >= 0.6 is 0 Å². The number of hydrogen-bond acceptors (Lipinski definition) is 3. The Bertz CT molecular complexity index is 993. The molecule has 4 rings (SSSR count). The van der Waals surface area contributed by atoms with Crippen LogP contribution in [0.3, 0.4) is 0 Å². The van der Waals surface area contributed by atoms with E-state index in [2.05, 4.69) is 4.98 Å². The molecule has 0 bridgehead atoms. The topological polar surface area (TPSA) is 71.5 Å². The number of nitrogens with one attached hydrogen (secondary N) is 1. The van der Waals surface area contributed by atoms with E-state index >= 15 is 0 Å². The maximum atomic E-state index is 13.9. The number of rotatable bonds is 3. The summed E-state index contributed by atoms with van der Waals surface area (Å²) in [4.78, 5) is 14.7. The lowest BCUT2D eigenvalue weighted by atomic mass is 9.96. The lowest BCUT2D eigenvalue weighted by molar-refractivity contribution is 0.0692. The van der Waals surface area contributed by atoms with Crippen molar-refractivity contribution in [2.45, 2.75) is 6.61 Å². The van der Waals surface area contributed by atoms with Gasteiger partial charge >= 0.3 is 5.97 Å². The number of hydrogen-bond donors (Lipinski definition) is 2. The van der Waals surface area contributed by atoms with Crippen LogP contribution in [-0.2, 0) is 6.61 Å². The van der Waals surface area contributed by atoms with Gasteiger partial charge in [0, 0.05) is 22.8 Å². The standard InChI is InChI=1S/C19H14FNO4/c1-24-12-7-10(6-11(20)8-12)16-14-9-25-15-5-3-2-4-13(15)17(14)21-18(16)19(22)23/h2-8,21H,9H2,1H3,(H,22,23). The molecule has 5 nitrogen and oxygen atoms in total. The van der Waals surface area contributed by atoms with Crippen molar-refractivity contribution in [3.8, 4) is 33.9 Å². The van der Waals surface area contributed by atoms with Crippen LogP contribution in [0.1, 0.15) is 16.1 Å². The molecular formula is C19H14FNO4. The molecule has 3 aromatic rings. The maximum absolute atomic E-state index is 13.9. The number of aromatic nitrogens is 1. The number of halogens is 1. The van der Waals surface area contributed by atoms with Gasteiger partial charge in [-0.1, -0.05) is 12.1 Å². The number of ether oxygens (including phenoxy) is 2. The van der Waals surface area contributed by atoms with Crippen LogP contribution in [0.5, 0.6) is 11.5 Å². The minimum absolute atomic E-state index is 0.00189. The molecule has 0 radical (unpaired) electrons. The van der Waals surface area contributed by atoms with Gasteiger partial charge < -0.3 is 19.6 Å². The Hall–Kier alpha value is -3.28. The molecule has 0 aliphatic carbocycles. The molecule has 0 fully saturated rings. The van der Waals surface area contributed by atoms with Crippen molar-refractivity contribution in [2.75, 3.05) is 7.11 Å². The minimum Gasteiger partial charge on any atom is -0.497 e. The van der Waals surface area contributed by atoms with E-state index in [0.29, 0.717) is 33.9 Å². The summed E-state index contributed by atoms with van der Waals surface area (Å²) >= 11 is 0. The van der Waals surface area contributed by atoms with Crippen molar-refractivity contribution in [3.63, 3.8) is 0 Å². The Morgan fingerprint density at radius 3 is 2.84 bits per heavy atom. The first-order chi connectivity index (χ1) is 12.1. The summed E-state index contributed by atoms with van der Waals surface area (Å²) in [7, 11) is 1.43. The normalized spacial score (nSPS) is 12.1. The van der Waals surface area contributed by atoms with Crippen LogP contribution in [0.4, 0.5) is 4.39 Å². The van der Waals surface area contributed by atoms with Crippen LogP contribution in [0.2, 0.25) is 0 Å². The first-order valence-corrected chi connectivity index (χ1v) is 7.63. The van der Waals surface area contributed by atoms with Crippen molar-refractivity contribution in [3.05, 3.63) is 59.5 Å². The number of H-pyrrole nitrogens is 1. The monoisotopic (exact) mass is 339 g/mol. The SMILES string of the molecule is COc1cc(F)cc(-c2c(C(=O)O)[nH]c3c2COc2ccccc2-3)c1. The van der Waals surface area contributed by atoms with Crippen molar-refractivity contribution >= 4 is 5.97 Å². The number of benzene rings is 2. The highest BCUT2D eigenvalue weighted by Crippen LogP contribution is 2.43. The van der Waals surface area contributed by atoms with E-state index in [1.807, 2.05) is 24.3 Å². The summed E-state index contributed by atoms with van der Waals surface area (Å²) in [6, 6.07) is 11.5. The van der Waals surface area contributed by atoms with Gasteiger partial charge in [0.2, 0.25) is 0 Å². The van der Waals surface area contributed by atoms with Crippen LogP contribution in [0.15, 0.2) is 42.5 Å². The van der Waals surface area contributed by atoms with Gasteiger partial charge in [0.15, 0.2) is 0 Å². The molecule has 0 unspecified atom stereocenters. The molecule has 0 atom stereocenters. The first kappa shape index (κ1) is 15.3.